The highest BCUT2D eigenvalue weighted by Crippen LogP contribution is 2.30. The lowest BCUT2D eigenvalue weighted by atomic mass is 10.0. The molecule has 0 aliphatic rings. The molecule has 0 aliphatic carbocycles. The van der Waals surface area contributed by atoms with E-state index in [0.717, 1.165) is 28.1 Å². The number of hydrogen-bond acceptors (Lipinski definition) is 7. The molecule has 0 saturated heterocycles. The quantitative estimate of drug-likeness (QED) is 0.455. The number of rotatable bonds is 6. The maximum absolute atomic E-state index is 14.3. The lowest BCUT2D eigenvalue weighted by Crippen LogP contribution is -2.21. The molecule has 0 bridgehead atoms. The molecule has 0 amide bonds. The molecule has 0 spiro atoms. The smallest absolute Gasteiger partial charge is 0.209 e. The fourth-order valence-corrected chi connectivity index (χ4v) is 3.44. The minimum atomic E-state index is -3.30. The number of nitrogen functional groups attached to an aromatic ring is 1. The van der Waals surface area contributed by atoms with Gasteiger partial charge < -0.3 is 5.73 Å². The van der Waals surface area contributed by atoms with Crippen LogP contribution in [0.1, 0.15) is 5.56 Å². The summed E-state index contributed by atoms with van der Waals surface area (Å²) in [6, 6.07) is 12.5. The van der Waals surface area contributed by atoms with Crippen molar-refractivity contribution in [1.82, 2.24) is 29.9 Å². The number of sulfonamides is 1. The van der Waals surface area contributed by atoms with Gasteiger partial charge in [-0.25, -0.2) is 26.9 Å². The Labute approximate surface area is 182 Å². The molecule has 9 nitrogen and oxygen atoms in total. The van der Waals surface area contributed by atoms with E-state index in [-0.39, 0.29) is 23.9 Å². The molecular formula is C20H17F2N7O2S. The number of hydrogen-bond donors (Lipinski definition) is 2. The van der Waals surface area contributed by atoms with Gasteiger partial charge in [0.25, 0.3) is 0 Å². The molecule has 0 radical (unpaired) electrons. The van der Waals surface area contributed by atoms with Crippen LogP contribution in [-0.4, -0.2) is 39.9 Å². The Morgan fingerprint density at radius 1 is 1.09 bits per heavy atom. The van der Waals surface area contributed by atoms with Gasteiger partial charge in [0.15, 0.2) is 17.5 Å². The first-order valence-corrected chi connectivity index (χ1v) is 11.1. The number of tetrazole rings is 1. The maximum atomic E-state index is 14.3. The van der Waals surface area contributed by atoms with Gasteiger partial charge in [0, 0.05) is 18.3 Å². The summed E-state index contributed by atoms with van der Waals surface area (Å²) in [5.74, 6) is -1.93. The summed E-state index contributed by atoms with van der Waals surface area (Å²) in [4.78, 5) is 4.19. The van der Waals surface area contributed by atoms with Gasteiger partial charge in [-0.2, -0.15) is 4.68 Å². The standard InChI is InChI=1S/C20H17F2N7O2S/c1-32(30,31)25-10-12-5-7-13(8-6-12)14-9-15(19(23)24-11-14)20-26-27-28-29(20)17-4-2-3-16(21)18(17)22/h2-9,11,25H,10H2,1H3,(H2,23,24). The summed E-state index contributed by atoms with van der Waals surface area (Å²) in [7, 11) is -3.30. The molecule has 3 N–H and O–H groups in total. The summed E-state index contributed by atoms with van der Waals surface area (Å²) in [5, 5.41) is 11.3. The van der Waals surface area contributed by atoms with E-state index in [0.29, 0.717) is 11.1 Å². The van der Waals surface area contributed by atoms with Crippen LogP contribution in [-0.2, 0) is 16.6 Å². The predicted octanol–water partition coefficient (Wildman–Crippen LogP) is 2.30. The minimum Gasteiger partial charge on any atom is -0.383 e. The second-order valence-corrected chi connectivity index (χ2v) is 8.77. The van der Waals surface area contributed by atoms with Crippen LogP contribution in [0.25, 0.3) is 28.2 Å². The Balaban J connectivity index is 1.70. The number of nitrogens with one attached hydrogen (secondary N) is 1. The van der Waals surface area contributed by atoms with Crippen LogP contribution in [0.3, 0.4) is 0 Å². The van der Waals surface area contributed by atoms with Gasteiger partial charge in [-0.3, -0.25) is 0 Å². The zero-order valence-electron chi connectivity index (χ0n) is 16.7. The number of benzene rings is 2. The van der Waals surface area contributed by atoms with Gasteiger partial charge in [-0.1, -0.05) is 30.3 Å². The molecule has 0 atom stereocenters. The van der Waals surface area contributed by atoms with E-state index >= 15 is 0 Å². The van der Waals surface area contributed by atoms with E-state index in [1.165, 1.54) is 12.1 Å². The van der Waals surface area contributed by atoms with E-state index in [1.807, 2.05) is 0 Å². The van der Waals surface area contributed by atoms with Gasteiger partial charge in [0.05, 0.1) is 11.8 Å². The lowest BCUT2D eigenvalue weighted by Gasteiger charge is -2.10. The molecule has 32 heavy (non-hydrogen) atoms. The van der Waals surface area contributed by atoms with E-state index < -0.39 is 21.7 Å². The highest BCUT2D eigenvalue weighted by Gasteiger charge is 2.19. The Bertz CT molecular complexity index is 1390. The number of nitrogens with two attached hydrogens (primary N) is 1. The fraction of sp³-hybridized carbons (Fsp3) is 0.100. The first-order valence-electron chi connectivity index (χ1n) is 9.25. The molecular weight excluding hydrogens is 440 g/mol. The van der Waals surface area contributed by atoms with Crippen LogP contribution < -0.4 is 10.5 Å². The summed E-state index contributed by atoms with van der Waals surface area (Å²) >= 11 is 0. The number of anilines is 1. The SMILES string of the molecule is CS(=O)(=O)NCc1ccc(-c2cnc(N)c(-c3nnnn3-c3cccc(F)c3F)c2)cc1. The highest BCUT2D eigenvalue weighted by atomic mass is 32.2. The monoisotopic (exact) mass is 457 g/mol. The van der Waals surface area contributed by atoms with Crippen molar-refractivity contribution in [3.8, 4) is 28.2 Å². The predicted molar refractivity (Wildman–Crippen MR) is 114 cm³/mol. The van der Waals surface area contributed by atoms with Crippen molar-refractivity contribution in [2.45, 2.75) is 6.54 Å². The maximum Gasteiger partial charge on any atom is 0.209 e. The highest BCUT2D eigenvalue weighted by molar-refractivity contribution is 7.88. The molecule has 0 fully saturated rings. The van der Waals surface area contributed by atoms with E-state index in [4.69, 9.17) is 5.73 Å². The Kier molecular flexibility index (Phi) is 5.63. The van der Waals surface area contributed by atoms with Crippen LogP contribution in [0.5, 0.6) is 0 Å². The van der Waals surface area contributed by atoms with Gasteiger partial charge in [0.2, 0.25) is 10.0 Å². The van der Waals surface area contributed by atoms with Crippen molar-refractivity contribution in [3.63, 3.8) is 0 Å². The van der Waals surface area contributed by atoms with Gasteiger partial charge in [-0.05, 0) is 39.8 Å². The van der Waals surface area contributed by atoms with Crippen molar-refractivity contribution in [1.29, 1.82) is 0 Å². The molecule has 164 valence electrons. The molecule has 0 saturated carbocycles. The zero-order valence-corrected chi connectivity index (χ0v) is 17.5. The fourth-order valence-electron chi connectivity index (χ4n) is 3.02. The van der Waals surface area contributed by atoms with E-state index in [1.54, 1.807) is 36.5 Å². The summed E-state index contributed by atoms with van der Waals surface area (Å²) in [6.07, 6.45) is 2.64. The topological polar surface area (TPSA) is 129 Å². The van der Waals surface area contributed by atoms with Crippen molar-refractivity contribution in [3.05, 3.63) is 71.9 Å². The third-order valence-electron chi connectivity index (χ3n) is 4.61. The van der Waals surface area contributed by atoms with Gasteiger partial charge >= 0.3 is 0 Å². The van der Waals surface area contributed by atoms with Crippen LogP contribution >= 0.6 is 0 Å². The first kappa shape index (κ1) is 21.5. The zero-order chi connectivity index (χ0) is 22.9. The second-order valence-electron chi connectivity index (χ2n) is 6.93. The number of pyridine rings is 1. The third-order valence-corrected chi connectivity index (χ3v) is 5.28. The average Bonchev–Trinajstić information content (AvgIpc) is 3.24. The molecule has 4 rings (SSSR count). The molecule has 4 aromatic rings. The first-order chi connectivity index (χ1) is 15.2. The minimum absolute atomic E-state index is 0.0929. The van der Waals surface area contributed by atoms with Crippen molar-refractivity contribution in [2.75, 3.05) is 12.0 Å². The summed E-state index contributed by atoms with van der Waals surface area (Å²) < 4.78 is 54.0. The van der Waals surface area contributed by atoms with E-state index in [2.05, 4.69) is 25.2 Å². The van der Waals surface area contributed by atoms with Crippen LogP contribution in [0, 0.1) is 11.6 Å². The van der Waals surface area contributed by atoms with Crippen LogP contribution in [0.15, 0.2) is 54.7 Å². The van der Waals surface area contributed by atoms with Crippen LogP contribution in [0.4, 0.5) is 14.6 Å². The normalized spacial score (nSPS) is 11.6. The van der Waals surface area contributed by atoms with Gasteiger partial charge in [0.1, 0.15) is 11.5 Å². The summed E-state index contributed by atoms with van der Waals surface area (Å²) in [5.41, 5.74) is 8.41. The van der Waals surface area contributed by atoms with Crippen molar-refractivity contribution >= 4 is 15.8 Å². The number of nitrogens with zero attached hydrogens (tertiary/aromatic N) is 5. The van der Waals surface area contributed by atoms with Crippen molar-refractivity contribution in [2.24, 2.45) is 0 Å². The molecule has 2 aromatic heterocycles. The van der Waals surface area contributed by atoms with Gasteiger partial charge in [-0.15, -0.1) is 5.10 Å². The second kappa shape index (κ2) is 8.40. The molecule has 0 aliphatic heterocycles. The Hall–Kier alpha value is -3.77. The van der Waals surface area contributed by atoms with E-state index in [9.17, 15) is 17.2 Å². The van der Waals surface area contributed by atoms with Crippen molar-refractivity contribution < 1.29 is 17.2 Å². The number of halogens is 2. The third kappa shape index (κ3) is 4.45. The lowest BCUT2D eigenvalue weighted by molar-refractivity contribution is 0.501. The number of aromatic nitrogens is 5. The summed E-state index contributed by atoms with van der Waals surface area (Å²) in [6.45, 7) is 0.165. The molecule has 12 heteroatoms. The Morgan fingerprint density at radius 2 is 1.84 bits per heavy atom. The molecule has 2 heterocycles. The molecule has 2 aromatic carbocycles. The largest absolute Gasteiger partial charge is 0.383 e. The molecule has 0 unspecified atom stereocenters. The van der Waals surface area contributed by atoms with Crippen LogP contribution in [0.2, 0.25) is 0 Å². The average molecular weight is 457 g/mol. The Morgan fingerprint density at radius 3 is 2.56 bits per heavy atom.